The lowest BCUT2D eigenvalue weighted by Gasteiger charge is -2.30. The van der Waals surface area contributed by atoms with Crippen molar-refractivity contribution in [1.29, 1.82) is 0 Å². The second-order valence-electron chi connectivity index (χ2n) is 5.81. The minimum absolute atomic E-state index is 0.389. The second-order valence-corrected chi connectivity index (χ2v) is 6.76. The number of nitrogens with one attached hydrogen (secondary N) is 1. The molecule has 0 aliphatic carbocycles. The van der Waals surface area contributed by atoms with E-state index in [2.05, 4.69) is 58.4 Å². The molecule has 92 valence electrons. The molecule has 1 aromatic rings. The number of aryl methyl sites for hydroxylation is 1. The minimum Gasteiger partial charge on any atom is -0.312 e. The Labute approximate surface area is 104 Å². The van der Waals surface area contributed by atoms with Crippen molar-refractivity contribution in [3.63, 3.8) is 0 Å². The third-order valence-corrected chi connectivity index (χ3v) is 4.77. The van der Waals surface area contributed by atoms with Gasteiger partial charge in [-0.15, -0.1) is 11.3 Å². The van der Waals surface area contributed by atoms with Crippen molar-refractivity contribution in [2.24, 2.45) is 11.3 Å². The first kappa shape index (κ1) is 13.7. The molecule has 0 aliphatic heterocycles. The first-order chi connectivity index (χ1) is 7.36. The van der Waals surface area contributed by atoms with Crippen LogP contribution in [0.5, 0.6) is 0 Å². The molecule has 0 saturated carbocycles. The van der Waals surface area contributed by atoms with Gasteiger partial charge in [-0.05, 0) is 48.7 Å². The molecule has 0 fully saturated rings. The Hall–Kier alpha value is -0.340. The predicted molar refractivity (Wildman–Crippen MR) is 74.1 cm³/mol. The normalized spacial score (nSPS) is 16.1. The Balaban J connectivity index is 2.74. The van der Waals surface area contributed by atoms with Crippen LogP contribution in [0.25, 0.3) is 0 Å². The SMILES string of the molecule is CNC(CC(C)C(C)(C)C)c1sccc1C. The van der Waals surface area contributed by atoms with Crippen LogP contribution in [0.1, 0.15) is 50.6 Å². The highest BCUT2D eigenvalue weighted by molar-refractivity contribution is 7.10. The molecular formula is C14H25NS. The van der Waals surface area contributed by atoms with Crippen molar-refractivity contribution in [2.75, 3.05) is 7.05 Å². The van der Waals surface area contributed by atoms with Crippen LogP contribution in [-0.4, -0.2) is 7.05 Å². The average Bonchev–Trinajstić information content (AvgIpc) is 2.59. The second kappa shape index (κ2) is 5.33. The molecule has 1 aromatic heterocycles. The van der Waals surface area contributed by atoms with Crippen molar-refractivity contribution >= 4 is 11.3 Å². The fraction of sp³-hybridized carbons (Fsp3) is 0.714. The van der Waals surface area contributed by atoms with Gasteiger partial charge >= 0.3 is 0 Å². The van der Waals surface area contributed by atoms with Crippen molar-refractivity contribution < 1.29 is 0 Å². The predicted octanol–water partition coefficient (Wildman–Crippen LogP) is 4.39. The van der Waals surface area contributed by atoms with Gasteiger partial charge in [0.1, 0.15) is 0 Å². The summed E-state index contributed by atoms with van der Waals surface area (Å²) in [6.45, 7) is 11.5. The van der Waals surface area contributed by atoms with Gasteiger partial charge in [0.2, 0.25) is 0 Å². The van der Waals surface area contributed by atoms with Crippen LogP contribution in [0.15, 0.2) is 11.4 Å². The van der Waals surface area contributed by atoms with E-state index in [0.29, 0.717) is 17.4 Å². The number of hydrogen-bond donors (Lipinski definition) is 1. The van der Waals surface area contributed by atoms with Crippen molar-refractivity contribution in [3.05, 3.63) is 21.9 Å². The Kier molecular flexibility index (Phi) is 4.57. The van der Waals surface area contributed by atoms with Gasteiger partial charge < -0.3 is 5.32 Å². The maximum absolute atomic E-state index is 3.46. The van der Waals surface area contributed by atoms with Crippen LogP contribution in [0.3, 0.4) is 0 Å². The van der Waals surface area contributed by atoms with Crippen LogP contribution in [0.4, 0.5) is 0 Å². The lowest BCUT2D eigenvalue weighted by molar-refractivity contribution is 0.227. The number of rotatable bonds is 4. The third kappa shape index (κ3) is 3.33. The minimum atomic E-state index is 0.389. The fourth-order valence-corrected chi connectivity index (χ4v) is 2.86. The summed E-state index contributed by atoms with van der Waals surface area (Å²) < 4.78 is 0. The molecule has 16 heavy (non-hydrogen) atoms. The molecule has 1 nitrogen and oxygen atoms in total. The zero-order valence-electron chi connectivity index (χ0n) is 11.4. The van der Waals surface area contributed by atoms with Crippen molar-refractivity contribution in [2.45, 2.75) is 47.1 Å². The van der Waals surface area contributed by atoms with E-state index in [9.17, 15) is 0 Å². The molecule has 0 aromatic carbocycles. The van der Waals surface area contributed by atoms with Crippen LogP contribution in [0, 0.1) is 18.3 Å². The summed E-state index contributed by atoms with van der Waals surface area (Å²) in [5.74, 6) is 0.714. The Morgan fingerprint density at radius 2 is 2.00 bits per heavy atom. The van der Waals surface area contributed by atoms with Gasteiger partial charge in [0.05, 0.1) is 0 Å². The van der Waals surface area contributed by atoms with Crippen LogP contribution < -0.4 is 5.32 Å². The molecule has 2 atom stereocenters. The summed E-state index contributed by atoms with van der Waals surface area (Å²) in [5, 5.41) is 5.65. The lowest BCUT2D eigenvalue weighted by atomic mass is 9.78. The zero-order chi connectivity index (χ0) is 12.3. The van der Waals surface area contributed by atoms with E-state index in [-0.39, 0.29) is 0 Å². The van der Waals surface area contributed by atoms with E-state index in [1.165, 1.54) is 16.9 Å². The fourth-order valence-electron chi connectivity index (χ4n) is 1.80. The Morgan fingerprint density at radius 1 is 1.38 bits per heavy atom. The third-order valence-electron chi connectivity index (χ3n) is 3.63. The van der Waals surface area contributed by atoms with Gasteiger partial charge in [-0.2, -0.15) is 0 Å². The van der Waals surface area contributed by atoms with Crippen LogP contribution in [-0.2, 0) is 0 Å². The van der Waals surface area contributed by atoms with Crippen LogP contribution in [0.2, 0.25) is 0 Å². The molecule has 2 heteroatoms. The van der Waals surface area contributed by atoms with Gasteiger partial charge in [-0.1, -0.05) is 27.7 Å². The summed E-state index contributed by atoms with van der Waals surface area (Å²) in [7, 11) is 2.07. The Morgan fingerprint density at radius 3 is 2.38 bits per heavy atom. The zero-order valence-corrected chi connectivity index (χ0v) is 12.2. The maximum atomic E-state index is 3.46. The van der Waals surface area contributed by atoms with Gasteiger partial charge in [0, 0.05) is 10.9 Å². The topological polar surface area (TPSA) is 12.0 Å². The van der Waals surface area contributed by atoms with E-state index < -0.39 is 0 Å². The smallest absolute Gasteiger partial charge is 0.0417 e. The maximum Gasteiger partial charge on any atom is 0.0417 e. The van der Waals surface area contributed by atoms with Crippen molar-refractivity contribution in [3.8, 4) is 0 Å². The molecule has 0 spiro atoms. The highest BCUT2D eigenvalue weighted by atomic mass is 32.1. The summed E-state index contributed by atoms with van der Waals surface area (Å²) in [6.07, 6.45) is 1.21. The van der Waals surface area contributed by atoms with Gasteiger partial charge in [-0.25, -0.2) is 0 Å². The van der Waals surface area contributed by atoms with Gasteiger partial charge in [0.25, 0.3) is 0 Å². The molecular weight excluding hydrogens is 214 g/mol. The molecule has 0 aliphatic rings. The quantitative estimate of drug-likeness (QED) is 0.821. The van der Waals surface area contributed by atoms with E-state index in [1.807, 2.05) is 11.3 Å². The van der Waals surface area contributed by atoms with Gasteiger partial charge in [-0.3, -0.25) is 0 Å². The van der Waals surface area contributed by atoms with Crippen molar-refractivity contribution in [1.82, 2.24) is 5.32 Å². The molecule has 1 N–H and O–H groups in total. The van der Waals surface area contributed by atoms with E-state index in [4.69, 9.17) is 0 Å². The number of thiophene rings is 1. The highest BCUT2D eigenvalue weighted by Gasteiger charge is 2.24. The monoisotopic (exact) mass is 239 g/mol. The van der Waals surface area contributed by atoms with Crippen LogP contribution >= 0.6 is 11.3 Å². The molecule has 0 amide bonds. The summed E-state index contributed by atoms with van der Waals surface area (Å²) in [4.78, 5) is 1.50. The highest BCUT2D eigenvalue weighted by Crippen LogP contribution is 2.35. The van der Waals surface area contributed by atoms with E-state index >= 15 is 0 Å². The largest absolute Gasteiger partial charge is 0.312 e. The molecule has 1 rings (SSSR count). The first-order valence-corrected chi connectivity index (χ1v) is 6.95. The average molecular weight is 239 g/mol. The summed E-state index contributed by atoms with van der Waals surface area (Å²) in [5.41, 5.74) is 1.81. The molecule has 0 bridgehead atoms. The molecule has 2 unspecified atom stereocenters. The Bertz CT molecular complexity index is 322. The standard InChI is InChI=1S/C14H25NS/c1-10-7-8-16-13(10)12(15-6)9-11(2)14(3,4)5/h7-8,11-12,15H,9H2,1-6H3. The van der Waals surface area contributed by atoms with E-state index in [1.54, 1.807) is 0 Å². The summed E-state index contributed by atoms with van der Waals surface area (Å²) in [6, 6.07) is 2.72. The molecule has 1 heterocycles. The van der Waals surface area contributed by atoms with E-state index in [0.717, 1.165) is 0 Å². The lowest BCUT2D eigenvalue weighted by Crippen LogP contribution is -2.25. The molecule has 0 saturated heterocycles. The number of hydrogen-bond acceptors (Lipinski definition) is 2. The summed E-state index contributed by atoms with van der Waals surface area (Å²) >= 11 is 1.87. The first-order valence-electron chi connectivity index (χ1n) is 6.07. The van der Waals surface area contributed by atoms with Gasteiger partial charge in [0.15, 0.2) is 0 Å². The molecule has 0 radical (unpaired) electrons.